The molecule has 0 spiro atoms. The molecular weight excluding hydrogens is 376 g/mol. The maximum absolute atomic E-state index is 12.1. The fourth-order valence-corrected chi connectivity index (χ4v) is 3.55. The minimum Gasteiger partial charge on any atom is -0.497 e. The van der Waals surface area contributed by atoms with Crippen LogP contribution in [-0.4, -0.2) is 34.2 Å². The summed E-state index contributed by atoms with van der Waals surface area (Å²) in [6.07, 6.45) is 1.66. The second-order valence-electron chi connectivity index (χ2n) is 5.67. The van der Waals surface area contributed by atoms with Crippen LogP contribution in [0.3, 0.4) is 0 Å². The molecule has 6 nitrogen and oxygen atoms in total. The van der Waals surface area contributed by atoms with E-state index >= 15 is 0 Å². The number of amides is 1. The molecule has 0 atom stereocenters. The summed E-state index contributed by atoms with van der Waals surface area (Å²) in [5, 5.41) is 3.18. The molecule has 8 heteroatoms. The number of anilines is 2. The summed E-state index contributed by atoms with van der Waals surface area (Å²) in [7, 11) is -1.96. The summed E-state index contributed by atoms with van der Waals surface area (Å²) < 4.78 is 30.6. The number of halogens is 1. The van der Waals surface area contributed by atoms with Gasteiger partial charge in [0, 0.05) is 19.0 Å². The van der Waals surface area contributed by atoms with Crippen molar-refractivity contribution in [1.82, 2.24) is 0 Å². The molecule has 1 N–H and O–H groups in total. The number of ether oxygens (including phenoxy) is 1. The average molecular weight is 397 g/mol. The molecular formula is C18H21ClN2O4S. The maximum atomic E-state index is 12.1. The van der Waals surface area contributed by atoms with Crippen LogP contribution in [0.1, 0.15) is 12.8 Å². The number of rotatable bonds is 8. The van der Waals surface area contributed by atoms with Gasteiger partial charge in [0.15, 0.2) is 0 Å². The van der Waals surface area contributed by atoms with E-state index in [2.05, 4.69) is 5.32 Å². The highest BCUT2D eigenvalue weighted by atomic mass is 35.5. The van der Waals surface area contributed by atoms with Crippen LogP contribution in [0.25, 0.3) is 0 Å². The fourth-order valence-electron chi connectivity index (χ4n) is 2.41. The van der Waals surface area contributed by atoms with E-state index in [4.69, 9.17) is 16.3 Å². The van der Waals surface area contributed by atoms with Crippen molar-refractivity contribution in [2.45, 2.75) is 12.8 Å². The lowest BCUT2D eigenvalue weighted by atomic mass is 10.2. The van der Waals surface area contributed by atoms with Crippen LogP contribution in [0.5, 0.6) is 5.75 Å². The lowest BCUT2D eigenvalue weighted by Gasteiger charge is -2.22. The zero-order valence-corrected chi connectivity index (χ0v) is 16.2. The van der Waals surface area contributed by atoms with Crippen LogP contribution in [0.4, 0.5) is 11.4 Å². The van der Waals surface area contributed by atoms with Gasteiger partial charge in [0.1, 0.15) is 5.75 Å². The number of carbonyl (C=O) groups is 1. The van der Waals surface area contributed by atoms with E-state index in [-0.39, 0.29) is 18.9 Å². The molecule has 2 aromatic rings. The minimum absolute atomic E-state index is 0.168. The van der Waals surface area contributed by atoms with Crippen LogP contribution in [0.2, 0.25) is 5.02 Å². The third-order valence-corrected chi connectivity index (χ3v) is 5.18. The van der Waals surface area contributed by atoms with Crippen LogP contribution < -0.4 is 14.4 Å². The maximum Gasteiger partial charge on any atom is 0.232 e. The topological polar surface area (TPSA) is 75.7 Å². The van der Waals surface area contributed by atoms with Gasteiger partial charge < -0.3 is 10.1 Å². The Balaban J connectivity index is 1.99. The number of nitrogens with zero attached hydrogens (tertiary/aromatic N) is 1. The van der Waals surface area contributed by atoms with Crippen molar-refractivity contribution < 1.29 is 17.9 Å². The molecule has 0 aliphatic heterocycles. The van der Waals surface area contributed by atoms with Crippen LogP contribution >= 0.6 is 11.6 Å². The Morgan fingerprint density at radius 3 is 2.58 bits per heavy atom. The van der Waals surface area contributed by atoms with Gasteiger partial charge in [-0.1, -0.05) is 29.8 Å². The third kappa shape index (κ3) is 5.64. The highest BCUT2D eigenvalue weighted by Gasteiger charge is 2.18. The average Bonchev–Trinajstić information content (AvgIpc) is 2.59. The van der Waals surface area contributed by atoms with Crippen molar-refractivity contribution in [1.29, 1.82) is 0 Å². The van der Waals surface area contributed by atoms with E-state index in [1.54, 1.807) is 48.5 Å². The van der Waals surface area contributed by atoms with Gasteiger partial charge in [-0.25, -0.2) is 8.42 Å². The number of nitrogens with one attached hydrogen (secondary N) is 1. The van der Waals surface area contributed by atoms with E-state index in [1.165, 1.54) is 11.4 Å². The lowest BCUT2D eigenvalue weighted by Crippen LogP contribution is -2.31. The van der Waals surface area contributed by atoms with Crippen molar-refractivity contribution in [2.24, 2.45) is 0 Å². The second-order valence-corrected chi connectivity index (χ2v) is 7.98. The van der Waals surface area contributed by atoms with Crippen molar-refractivity contribution in [3.63, 3.8) is 0 Å². The normalized spacial score (nSPS) is 11.0. The number of carbonyl (C=O) groups excluding carboxylic acids is 1. The molecule has 1 amide bonds. The predicted molar refractivity (Wildman–Crippen MR) is 104 cm³/mol. The van der Waals surface area contributed by atoms with Crippen molar-refractivity contribution in [3.8, 4) is 5.75 Å². The zero-order chi connectivity index (χ0) is 19.2. The molecule has 0 saturated heterocycles. The first kappa shape index (κ1) is 20.1. The quantitative estimate of drug-likeness (QED) is 0.740. The second kappa shape index (κ2) is 8.91. The van der Waals surface area contributed by atoms with Crippen molar-refractivity contribution >= 4 is 38.9 Å². The van der Waals surface area contributed by atoms with E-state index in [1.807, 2.05) is 0 Å². The Morgan fingerprint density at radius 2 is 1.92 bits per heavy atom. The lowest BCUT2D eigenvalue weighted by molar-refractivity contribution is -0.116. The molecule has 0 aromatic heterocycles. The van der Waals surface area contributed by atoms with Gasteiger partial charge in [-0.3, -0.25) is 9.10 Å². The molecule has 0 aliphatic carbocycles. The number of para-hydroxylation sites is 1. The molecule has 0 bridgehead atoms. The van der Waals surface area contributed by atoms with Gasteiger partial charge in [-0.15, -0.1) is 0 Å². The number of benzene rings is 2. The Kier molecular flexibility index (Phi) is 6.88. The van der Waals surface area contributed by atoms with E-state index < -0.39 is 10.0 Å². The summed E-state index contributed by atoms with van der Waals surface area (Å²) in [6, 6.07) is 13.7. The smallest absolute Gasteiger partial charge is 0.232 e. The summed E-state index contributed by atoms with van der Waals surface area (Å²) >= 11 is 6.01. The van der Waals surface area contributed by atoms with Gasteiger partial charge in [-0.05, 0) is 30.7 Å². The molecule has 0 heterocycles. The number of hydrogen-bond acceptors (Lipinski definition) is 4. The molecule has 140 valence electrons. The SMILES string of the molecule is COc1cccc(N(CCCC(=O)Nc2ccccc2Cl)S(C)(=O)=O)c1. The molecule has 2 aromatic carbocycles. The Bertz CT molecular complexity index is 871. The predicted octanol–water partition coefficient (Wildman–Crippen LogP) is 3.53. The molecule has 26 heavy (non-hydrogen) atoms. The zero-order valence-electron chi connectivity index (χ0n) is 14.6. The standard InChI is InChI=1S/C18H21ClN2O4S/c1-25-15-8-5-7-14(13-15)21(26(2,23)24)12-6-11-18(22)20-17-10-4-3-9-16(17)19/h3-5,7-10,13H,6,11-12H2,1-2H3,(H,20,22). The first-order chi connectivity index (χ1) is 12.3. The first-order valence-corrected chi connectivity index (χ1v) is 10.2. The highest BCUT2D eigenvalue weighted by molar-refractivity contribution is 7.92. The number of sulfonamides is 1. The first-order valence-electron chi connectivity index (χ1n) is 7.97. The summed E-state index contributed by atoms with van der Waals surface area (Å²) in [5.74, 6) is 0.338. The molecule has 0 fully saturated rings. The number of hydrogen-bond donors (Lipinski definition) is 1. The third-order valence-electron chi connectivity index (χ3n) is 3.65. The van der Waals surface area contributed by atoms with E-state index in [0.717, 1.165) is 6.26 Å². The Morgan fingerprint density at radius 1 is 1.19 bits per heavy atom. The van der Waals surface area contributed by atoms with E-state index in [0.29, 0.717) is 28.6 Å². The van der Waals surface area contributed by atoms with Crippen molar-refractivity contribution in [3.05, 3.63) is 53.6 Å². The molecule has 0 saturated carbocycles. The molecule has 0 aliphatic rings. The van der Waals surface area contributed by atoms with Gasteiger partial charge in [0.2, 0.25) is 15.9 Å². The van der Waals surface area contributed by atoms with Gasteiger partial charge in [0.05, 0.1) is 29.8 Å². The van der Waals surface area contributed by atoms with Crippen LogP contribution in [0, 0.1) is 0 Å². The summed E-state index contributed by atoms with van der Waals surface area (Å²) in [6.45, 7) is 0.182. The Labute approximate surface area is 158 Å². The summed E-state index contributed by atoms with van der Waals surface area (Å²) in [5.41, 5.74) is 1.03. The number of methoxy groups -OCH3 is 1. The van der Waals surface area contributed by atoms with Crippen LogP contribution in [-0.2, 0) is 14.8 Å². The van der Waals surface area contributed by atoms with Gasteiger partial charge >= 0.3 is 0 Å². The van der Waals surface area contributed by atoms with Crippen LogP contribution in [0.15, 0.2) is 48.5 Å². The molecule has 2 rings (SSSR count). The fraction of sp³-hybridized carbons (Fsp3) is 0.278. The van der Waals surface area contributed by atoms with Gasteiger partial charge in [0.25, 0.3) is 0 Å². The largest absolute Gasteiger partial charge is 0.497 e. The van der Waals surface area contributed by atoms with Gasteiger partial charge in [-0.2, -0.15) is 0 Å². The monoisotopic (exact) mass is 396 g/mol. The molecule has 0 radical (unpaired) electrons. The van der Waals surface area contributed by atoms with E-state index in [9.17, 15) is 13.2 Å². The Hall–Kier alpha value is -2.25. The van der Waals surface area contributed by atoms with Crippen molar-refractivity contribution in [2.75, 3.05) is 29.5 Å². The molecule has 0 unspecified atom stereocenters. The highest BCUT2D eigenvalue weighted by Crippen LogP contribution is 2.24. The minimum atomic E-state index is -3.48. The summed E-state index contributed by atoms with van der Waals surface area (Å²) in [4.78, 5) is 12.1.